The summed E-state index contributed by atoms with van der Waals surface area (Å²) >= 11 is 1.45. The van der Waals surface area contributed by atoms with Gasteiger partial charge < -0.3 is 14.1 Å². The molecule has 0 spiro atoms. The van der Waals surface area contributed by atoms with Crippen molar-refractivity contribution in [3.63, 3.8) is 0 Å². The topological polar surface area (TPSA) is 55.6 Å². The van der Waals surface area contributed by atoms with Crippen molar-refractivity contribution in [2.75, 3.05) is 7.11 Å². The molecule has 0 aliphatic heterocycles. The van der Waals surface area contributed by atoms with Crippen molar-refractivity contribution in [3.05, 3.63) is 95.4 Å². The second-order valence-corrected chi connectivity index (χ2v) is 7.35. The van der Waals surface area contributed by atoms with Gasteiger partial charge in [-0.2, -0.15) is 0 Å². The highest BCUT2D eigenvalue weighted by molar-refractivity contribution is 7.13. The number of aromatic nitrogens is 1. The van der Waals surface area contributed by atoms with Gasteiger partial charge in [0, 0.05) is 17.5 Å². The third-order valence-electron chi connectivity index (χ3n) is 4.49. The zero-order chi connectivity index (χ0) is 20.1. The average molecular weight is 404 g/mol. The molecular weight excluding hydrogens is 384 g/mol. The summed E-state index contributed by atoms with van der Waals surface area (Å²) in [5.74, 6) is 1.40. The lowest BCUT2D eigenvalue weighted by molar-refractivity contribution is 0.0712. The number of methoxy groups -OCH3 is 1. The molecule has 0 aliphatic rings. The lowest BCUT2D eigenvalue weighted by Crippen LogP contribution is -2.30. The van der Waals surface area contributed by atoms with Gasteiger partial charge in [0.2, 0.25) is 0 Å². The smallest absolute Gasteiger partial charge is 0.274 e. The Labute approximate surface area is 173 Å². The number of rotatable bonds is 7. The molecule has 0 atom stereocenters. The van der Waals surface area contributed by atoms with E-state index in [0.29, 0.717) is 18.8 Å². The Hall–Kier alpha value is -3.38. The van der Waals surface area contributed by atoms with Crippen LogP contribution in [0.4, 0.5) is 0 Å². The van der Waals surface area contributed by atoms with Gasteiger partial charge in [0.25, 0.3) is 5.91 Å². The van der Waals surface area contributed by atoms with Crippen LogP contribution in [0.15, 0.2) is 82.8 Å². The third-order valence-corrected chi connectivity index (χ3v) is 5.38. The third kappa shape index (κ3) is 4.55. The Bertz CT molecular complexity index is 1060. The van der Waals surface area contributed by atoms with Crippen molar-refractivity contribution in [2.24, 2.45) is 0 Å². The number of amides is 1. The number of benzene rings is 2. The Morgan fingerprint density at radius 3 is 2.52 bits per heavy atom. The van der Waals surface area contributed by atoms with Crippen molar-refractivity contribution in [2.45, 2.75) is 13.1 Å². The molecule has 1 amide bonds. The SMILES string of the molecule is COc1ccc(-c2nc(C(=O)N(Cc3ccccc3)Cc3ccco3)cs2)cc1. The summed E-state index contributed by atoms with van der Waals surface area (Å²) in [6, 6.07) is 21.3. The maximum absolute atomic E-state index is 13.2. The fourth-order valence-electron chi connectivity index (χ4n) is 2.99. The van der Waals surface area contributed by atoms with E-state index in [1.54, 1.807) is 18.3 Å². The number of nitrogens with zero attached hydrogens (tertiary/aromatic N) is 2. The summed E-state index contributed by atoms with van der Waals surface area (Å²) in [6.07, 6.45) is 1.62. The van der Waals surface area contributed by atoms with Crippen molar-refractivity contribution in [1.29, 1.82) is 0 Å². The summed E-state index contributed by atoms with van der Waals surface area (Å²) < 4.78 is 10.7. The van der Waals surface area contributed by atoms with Crippen LogP contribution in [0.3, 0.4) is 0 Å². The van der Waals surface area contributed by atoms with Gasteiger partial charge in [-0.3, -0.25) is 4.79 Å². The number of carbonyl (C=O) groups excluding carboxylic acids is 1. The van der Waals surface area contributed by atoms with Gasteiger partial charge in [0.15, 0.2) is 0 Å². The van der Waals surface area contributed by atoms with Gasteiger partial charge in [-0.1, -0.05) is 30.3 Å². The molecule has 4 aromatic rings. The molecule has 0 bridgehead atoms. The molecule has 2 heterocycles. The monoisotopic (exact) mass is 404 g/mol. The van der Waals surface area contributed by atoms with Crippen molar-refractivity contribution >= 4 is 17.2 Å². The van der Waals surface area contributed by atoms with E-state index in [0.717, 1.165) is 27.6 Å². The van der Waals surface area contributed by atoms with Gasteiger partial charge >= 0.3 is 0 Å². The van der Waals surface area contributed by atoms with Crippen molar-refractivity contribution in [3.8, 4) is 16.3 Å². The van der Waals surface area contributed by atoms with Crippen molar-refractivity contribution < 1.29 is 13.9 Å². The minimum atomic E-state index is -0.124. The zero-order valence-electron chi connectivity index (χ0n) is 15.9. The number of hydrogen-bond donors (Lipinski definition) is 0. The molecule has 0 fully saturated rings. The van der Waals surface area contributed by atoms with Crippen LogP contribution in [-0.2, 0) is 13.1 Å². The van der Waals surface area contributed by atoms with Crippen LogP contribution in [0.2, 0.25) is 0 Å². The molecule has 146 valence electrons. The van der Waals surface area contributed by atoms with E-state index >= 15 is 0 Å². The van der Waals surface area contributed by atoms with Gasteiger partial charge in [-0.05, 0) is 42.0 Å². The molecule has 0 aliphatic carbocycles. The highest BCUT2D eigenvalue weighted by Crippen LogP contribution is 2.26. The lowest BCUT2D eigenvalue weighted by atomic mass is 10.2. The number of ether oxygens (including phenoxy) is 1. The van der Waals surface area contributed by atoms with Crippen LogP contribution >= 0.6 is 11.3 Å². The van der Waals surface area contributed by atoms with E-state index in [9.17, 15) is 4.79 Å². The fourth-order valence-corrected chi connectivity index (χ4v) is 3.79. The molecule has 2 aromatic heterocycles. The van der Waals surface area contributed by atoms with E-state index < -0.39 is 0 Å². The number of thiazole rings is 1. The van der Waals surface area contributed by atoms with E-state index in [1.165, 1.54) is 11.3 Å². The highest BCUT2D eigenvalue weighted by atomic mass is 32.1. The normalized spacial score (nSPS) is 10.7. The standard InChI is InChI=1S/C23H20N2O3S/c1-27-19-11-9-18(10-12-19)22-24-21(16-29-22)23(26)25(15-20-8-5-13-28-20)14-17-6-3-2-4-7-17/h2-13,16H,14-15H2,1H3. The minimum Gasteiger partial charge on any atom is -0.497 e. The molecule has 0 saturated carbocycles. The molecule has 6 heteroatoms. The Kier molecular flexibility index (Phi) is 5.72. The summed E-state index contributed by atoms with van der Waals surface area (Å²) in [7, 11) is 1.63. The maximum Gasteiger partial charge on any atom is 0.274 e. The summed E-state index contributed by atoms with van der Waals surface area (Å²) in [4.78, 5) is 19.6. The number of furan rings is 1. The predicted octanol–water partition coefficient (Wildman–Crippen LogP) is 5.25. The maximum atomic E-state index is 13.2. The zero-order valence-corrected chi connectivity index (χ0v) is 16.8. The Balaban J connectivity index is 1.57. The first-order valence-corrected chi connectivity index (χ1v) is 10.1. The molecule has 29 heavy (non-hydrogen) atoms. The van der Waals surface area contributed by atoms with Crippen LogP contribution < -0.4 is 4.74 Å². The highest BCUT2D eigenvalue weighted by Gasteiger charge is 2.21. The Morgan fingerprint density at radius 1 is 1.03 bits per heavy atom. The Morgan fingerprint density at radius 2 is 1.83 bits per heavy atom. The summed E-state index contributed by atoms with van der Waals surface area (Å²) in [5.41, 5.74) is 2.44. The molecule has 0 N–H and O–H groups in total. The molecule has 0 saturated heterocycles. The van der Waals surface area contributed by atoms with E-state index in [4.69, 9.17) is 9.15 Å². The van der Waals surface area contributed by atoms with Crippen LogP contribution in [0.5, 0.6) is 5.75 Å². The molecule has 5 nitrogen and oxygen atoms in total. The van der Waals surface area contributed by atoms with Crippen LogP contribution in [0.25, 0.3) is 10.6 Å². The van der Waals surface area contributed by atoms with E-state index in [1.807, 2.05) is 72.1 Å². The second kappa shape index (κ2) is 8.75. The van der Waals surface area contributed by atoms with Crippen LogP contribution in [0, 0.1) is 0 Å². The van der Waals surface area contributed by atoms with E-state index in [2.05, 4.69) is 4.98 Å². The minimum absolute atomic E-state index is 0.124. The van der Waals surface area contributed by atoms with Crippen LogP contribution in [0.1, 0.15) is 21.8 Å². The van der Waals surface area contributed by atoms with E-state index in [-0.39, 0.29) is 5.91 Å². The molecule has 4 rings (SSSR count). The second-order valence-electron chi connectivity index (χ2n) is 6.49. The van der Waals surface area contributed by atoms with Crippen LogP contribution in [-0.4, -0.2) is 22.9 Å². The number of hydrogen-bond acceptors (Lipinski definition) is 5. The lowest BCUT2D eigenvalue weighted by Gasteiger charge is -2.21. The van der Waals surface area contributed by atoms with Crippen molar-refractivity contribution in [1.82, 2.24) is 9.88 Å². The number of carbonyl (C=O) groups is 1. The molecular formula is C23H20N2O3S. The first-order chi connectivity index (χ1) is 14.2. The molecule has 0 radical (unpaired) electrons. The molecule has 2 aromatic carbocycles. The predicted molar refractivity (Wildman–Crippen MR) is 113 cm³/mol. The first kappa shape index (κ1) is 19.0. The quantitative estimate of drug-likeness (QED) is 0.422. The fraction of sp³-hybridized carbons (Fsp3) is 0.130. The van der Waals surface area contributed by atoms with Gasteiger partial charge in [-0.25, -0.2) is 4.98 Å². The van der Waals surface area contributed by atoms with Gasteiger partial charge in [-0.15, -0.1) is 11.3 Å². The first-order valence-electron chi connectivity index (χ1n) is 9.18. The summed E-state index contributed by atoms with van der Waals surface area (Å²) in [5, 5.41) is 2.61. The average Bonchev–Trinajstić information content (AvgIpc) is 3.46. The largest absolute Gasteiger partial charge is 0.497 e. The summed E-state index contributed by atoms with van der Waals surface area (Å²) in [6.45, 7) is 0.867. The van der Waals surface area contributed by atoms with Gasteiger partial charge in [0.1, 0.15) is 22.2 Å². The van der Waals surface area contributed by atoms with Gasteiger partial charge in [0.05, 0.1) is 19.9 Å². The molecule has 0 unspecified atom stereocenters.